The van der Waals surface area contributed by atoms with Crippen molar-refractivity contribution in [2.45, 2.75) is 68.6 Å². The smallest absolute Gasteiger partial charge is 0.352 e. The fourth-order valence-electron chi connectivity index (χ4n) is 5.27. The number of benzene rings is 3. The summed E-state index contributed by atoms with van der Waals surface area (Å²) in [5, 5.41) is 2.41. The van der Waals surface area contributed by atoms with Crippen LogP contribution in [0.1, 0.15) is 50.2 Å². The van der Waals surface area contributed by atoms with Crippen molar-refractivity contribution in [1.29, 1.82) is 0 Å². The zero-order valence-corrected chi connectivity index (χ0v) is 25.8. The van der Waals surface area contributed by atoms with E-state index in [2.05, 4.69) is 5.32 Å². The standard InChI is InChI=1S/C32H35ClF3N3O4S/c1-23(31(41)37-25-13-7-3-8-14-25)38(20-19-24-11-5-2-6-12-24)30(40)22-39(44(42,43)27-15-9-4-10-16-27)26-17-18-29(33)28(21-26)32(34,35)36/h2,4-6,9-12,15-18,21,23,25H,3,7-8,13-14,19-20,22H2,1H3,(H,37,41). The van der Waals surface area contributed by atoms with Gasteiger partial charge in [0.1, 0.15) is 12.6 Å². The highest BCUT2D eigenvalue weighted by molar-refractivity contribution is 7.92. The van der Waals surface area contributed by atoms with Gasteiger partial charge in [-0.3, -0.25) is 13.9 Å². The molecule has 0 saturated heterocycles. The van der Waals surface area contributed by atoms with E-state index in [1.807, 2.05) is 30.3 Å². The van der Waals surface area contributed by atoms with Gasteiger partial charge in [-0.1, -0.05) is 79.4 Å². The van der Waals surface area contributed by atoms with Crippen LogP contribution < -0.4 is 9.62 Å². The van der Waals surface area contributed by atoms with Gasteiger partial charge in [0.05, 0.1) is 21.2 Å². The Balaban J connectivity index is 1.70. The topological polar surface area (TPSA) is 86.8 Å². The zero-order valence-electron chi connectivity index (χ0n) is 24.3. The molecule has 1 unspecified atom stereocenters. The summed E-state index contributed by atoms with van der Waals surface area (Å²) < 4.78 is 69.7. The van der Waals surface area contributed by atoms with Crippen molar-refractivity contribution in [2.24, 2.45) is 0 Å². The predicted molar refractivity (Wildman–Crippen MR) is 164 cm³/mol. The number of carbonyl (C=O) groups excluding carboxylic acids is 2. The Hall–Kier alpha value is -3.57. The molecule has 0 heterocycles. The molecule has 12 heteroatoms. The molecule has 236 valence electrons. The van der Waals surface area contributed by atoms with Crippen molar-refractivity contribution in [3.63, 3.8) is 0 Å². The predicted octanol–water partition coefficient (Wildman–Crippen LogP) is 6.46. The van der Waals surface area contributed by atoms with Crippen molar-refractivity contribution in [1.82, 2.24) is 10.2 Å². The highest BCUT2D eigenvalue weighted by Gasteiger charge is 2.37. The van der Waals surface area contributed by atoms with Crippen LogP contribution in [0.25, 0.3) is 0 Å². The van der Waals surface area contributed by atoms with E-state index in [4.69, 9.17) is 11.6 Å². The van der Waals surface area contributed by atoms with E-state index in [1.165, 1.54) is 29.2 Å². The molecule has 1 fully saturated rings. The maximum absolute atomic E-state index is 14.0. The molecule has 0 radical (unpaired) electrons. The normalized spacial score (nSPS) is 14.9. The number of anilines is 1. The minimum Gasteiger partial charge on any atom is -0.352 e. The molecule has 1 aliphatic carbocycles. The molecule has 0 spiro atoms. The zero-order chi connectivity index (χ0) is 31.9. The summed E-state index contributed by atoms with van der Waals surface area (Å²) in [7, 11) is -4.52. The Kier molecular flexibility index (Phi) is 11.0. The second-order valence-electron chi connectivity index (χ2n) is 10.8. The highest BCUT2D eigenvalue weighted by atomic mass is 35.5. The van der Waals surface area contributed by atoms with E-state index in [0.717, 1.165) is 49.8 Å². The lowest BCUT2D eigenvalue weighted by molar-refractivity contribution is -0.139. The van der Waals surface area contributed by atoms with Crippen LogP contribution >= 0.6 is 11.6 Å². The van der Waals surface area contributed by atoms with Crippen LogP contribution in [-0.2, 0) is 32.2 Å². The van der Waals surface area contributed by atoms with Gasteiger partial charge in [-0.05, 0) is 62.1 Å². The first-order chi connectivity index (χ1) is 20.9. The van der Waals surface area contributed by atoms with Gasteiger partial charge in [0.2, 0.25) is 11.8 Å². The molecule has 44 heavy (non-hydrogen) atoms. The number of hydrogen-bond acceptors (Lipinski definition) is 4. The third kappa shape index (κ3) is 8.32. The Morgan fingerprint density at radius 1 is 0.955 bits per heavy atom. The summed E-state index contributed by atoms with van der Waals surface area (Å²) in [6, 6.07) is 18.1. The average molecular weight is 650 g/mol. The van der Waals surface area contributed by atoms with Crippen molar-refractivity contribution >= 4 is 39.1 Å². The van der Waals surface area contributed by atoms with E-state index in [9.17, 15) is 31.2 Å². The molecule has 2 amide bonds. The van der Waals surface area contributed by atoms with Gasteiger partial charge in [0.25, 0.3) is 10.0 Å². The molecule has 1 N–H and O–H groups in total. The molecule has 0 bridgehead atoms. The third-order valence-corrected chi connectivity index (χ3v) is 9.87. The number of nitrogens with zero attached hydrogens (tertiary/aromatic N) is 2. The van der Waals surface area contributed by atoms with E-state index in [1.54, 1.807) is 13.0 Å². The van der Waals surface area contributed by atoms with Crippen LogP contribution in [0.15, 0.2) is 83.8 Å². The highest BCUT2D eigenvalue weighted by Crippen LogP contribution is 2.38. The molecule has 1 saturated carbocycles. The van der Waals surface area contributed by atoms with E-state index in [-0.39, 0.29) is 29.1 Å². The molecular formula is C32H35ClF3N3O4S. The van der Waals surface area contributed by atoms with Crippen LogP contribution in [0.3, 0.4) is 0 Å². The summed E-state index contributed by atoms with van der Waals surface area (Å²) >= 11 is 5.82. The Bertz CT molecular complexity index is 1530. The van der Waals surface area contributed by atoms with Gasteiger partial charge < -0.3 is 10.2 Å². The minimum absolute atomic E-state index is 0.0189. The molecule has 0 aromatic heterocycles. The molecule has 0 aliphatic heterocycles. The quantitative estimate of drug-likeness (QED) is 0.258. The number of halogens is 4. The van der Waals surface area contributed by atoms with E-state index < -0.39 is 45.3 Å². The summed E-state index contributed by atoms with van der Waals surface area (Å²) in [4.78, 5) is 28.4. The average Bonchev–Trinajstić information content (AvgIpc) is 3.01. The first-order valence-electron chi connectivity index (χ1n) is 14.5. The van der Waals surface area contributed by atoms with Crippen molar-refractivity contribution in [3.05, 3.63) is 95.0 Å². The number of sulfonamides is 1. The largest absolute Gasteiger partial charge is 0.417 e. The number of nitrogens with one attached hydrogen (secondary N) is 1. The summed E-state index contributed by atoms with van der Waals surface area (Å²) in [5.74, 6) is -1.11. The SMILES string of the molecule is CC(C(=O)NC1CCCCC1)N(CCc1ccccc1)C(=O)CN(c1ccc(Cl)c(C(F)(F)F)c1)S(=O)(=O)c1ccccc1. The van der Waals surface area contributed by atoms with Crippen LogP contribution in [0.2, 0.25) is 5.02 Å². The molecule has 4 rings (SSSR count). The van der Waals surface area contributed by atoms with Crippen molar-refractivity contribution < 1.29 is 31.2 Å². The first-order valence-corrected chi connectivity index (χ1v) is 16.3. The van der Waals surface area contributed by atoms with Crippen LogP contribution in [0.5, 0.6) is 0 Å². The summed E-state index contributed by atoms with van der Waals surface area (Å²) in [6.07, 6.45) is 0.239. The first kappa shape index (κ1) is 33.3. The Morgan fingerprint density at radius 3 is 2.18 bits per heavy atom. The molecular weight excluding hydrogens is 615 g/mol. The summed E-state index contributed by atoms with van der Waals surface area (Å²) in [5.41, 5.74) is -0.730. The number of carbonyl (C=O) groups is 2. The Morgan fingerprint density at radius 2 is 1.57 bits per heavy atom. The van der Waals surface area contributed by atoms with Gasteiger partial charge in [-0.15, -0.1) is 0 Å². The van der Waals surface area contributed by atoms with Gasteiger partial charge in [-0.2, -0.15) is 13.2 Å². The fourth-order valence-corrected chi connectivity index (χ4v) is 6.92. The van der Waals surface area contributed by atoms with Crippen LogP contribution in [0, 0.1) is 0 Å². The molecule has 3 aromatic carbocycles. The molecule has 1 aliphatic rings. The molecule has 3 aromatic rings. The van der Waals surface area contributed by atoms with E-state index >= 15 is 0 Å². The van der Waals surface area contributed by atoms with Crippen LogP contribution in [-0.4, -0.2) is 50.3 Å². The minimum atomic E-state index is -4.87. The van der Waals surface area contributed by atoms with Gasteiger partial charge >= 0.3 is 6.18 Å². The van der Waals surface area contributed by atoms with E-state index in [0.29, 0.717) is 16.8 Å². The maximum atomic E-state index is 14.0. The number of rotatable bonds is 11. The molecule has 7 nitrogen and oxygen atoms in total. The lowest BCUT2D eigenvalue weighted by Gasteiger charge is -2.33. The lowest BCUT2D eigenvalue weighted by atomic mass is 9.95. The second kappa shape index (κ2) is 14.5. The molecule has 1 atom stereocenters. The number of hydrogen-bond donors (Lipinski definition) is 1. The maximum Gasteiger partial charge on any atom is 0.417 e. The van der Waals surface area contributed by atoms with Gasteiger partial charge in [-0.25, -0.2) is 8.42 Å². The fraction of sp³-hybridized carbons (Fsp3) is 0.375. The van der Waals surface area contributed by atoms with Gasteiger partial charge in [0.15, 0.2) is 0 Å². The number of alkyl halides is 3. The van der Waals surface area contributed by atoms with Crippen molar-refractivity contribution in [2.75, 3.05) is 17.4 Å². The van der Waals surface area contributed by atoms with Crippen LogP contribution in [0.4, 0.5) is 18.9 Å². The third-order valence-electron chi connectivity index (χ3n) is 7.76. The van der Waals surface area contributed by atoms with Crippen molar-refractivity contribution in [3.8, 4) is 0 Å². The van der Waals surface area contributed by atoms with Gasteiger partial charge in [0, 0.05) is 12.6 Å². The summed E-state index contributed by atoms with van der Waals surface area (Å²) in [6.45, 7) is 0.808. The monoisotopic (exact) mass is 649 g/mol. The second-order valence-corrected chi connectivity index (χ2v) is 13.1. The Labute approximate surface area is 261 Å². The lowest BCUT2D eigenvalue weighted by Crippen LogP contribution is -2.53. The number of amides is 2.